The van der Waals surface area contributed by atoms with Crippen molar-refractivity contribution in [3.8, 4) is 0 Å². The molecule has 0 radical (unpaired) electrons. The zero-order valence-corrected chi connectivity index (χ0v) is 9.86. The maximum atomic E-state index is 11.7. The van der Waals surface area contributed by atoms with Crippen molar-refractivity contribution in [2.75, 3.05) is 5.32 Å². The number of aliphatic carboxylic acids is 1. The van der Waals surface area contributed by atoms with Crippen LogP contribution in [0.4, 0.5) is 5.13 Å². The van der Waals surface area contributed by atoms with Gasteiger partial charge in [-0.1, -0.05) is 0 Å². The average Bonchev–Trinajstić information content (AvgIpc) is 2.86. The molecule has 7 nitrogen and oxygen atoms in total. The summed E-state index contributed by atoms with van der Waals surface area (Å²) in [4.78, 5) is 26.3. The van der Waals surface area contributed by atoms with Crippen molar-refractivity contribution >= 4 is 28.5 Å². The molecular weight excluding hydrogens is 246 g/mol. The maximum absolute atomic E-state index is 11.7. The third kappa shape index (κ3) is 2.77. The topological polar surface area (TPSA) is 101 Å². The number of amides is 1. The lowest BCUT2D eigenvalue weighted by Crippen LogP contribution is -2.29. The fourth-order valence-electron chi connectivity index (χ4n) is 1.55. The molecule has 1 amide bonds. The van der Waals surface area contributed by atoms with Crippen molar-refractivity contribution in [3.05, 3.63) is 5.82 Å². The second-order valence-corrected chi connectivity index (χ2v) is 4.42. The van der Waals surface area contributed by atoms with Crippen molar-refractivity contribution in [1.82, 2.24) is 9.36 Å². The molecule has 1 aromatic heterocycles. The van der Waals surface area contributed by atoms with E-state index in [4.69, 9.17) is 9.84 Å². The van der Waals surface area contributed by atoms with E-state index in [1.807, 2.05) is 0 Å². The minimum Gasteiger partial charge on any atom is -0.479 e. The first-order valence-electron chi connectivity index (χ1n) is 5.05. The minimum atomic E-state index is -1.04. The van der Waals surface area contributed by atoms with Gasteiger partial charge in [0.2, 0.25) is 5.13 Å². The number of rotatable bonds is 3. The molecule has 2 unspecified atom stereocenters. The fraction of sp³-hybridized carbons (Fsp3) is 0.556. The minimum absolute atomic E-state index is 0.350. The number of ether oxygens (including phenoxy) is 1. The molecule has 2 rings (SSSR count). The second-order valence-electron chi connectivity index (χ2n) is 3.66. The SMILES string of the molecule is Cc1nsc(NC(=O)C2CCC(C(=O)O)O2)n1. The predicted octanol–water partition coefficient (Wildman–Crippen LogP) is 0.417. The number of aromatic nitrogens is 2. The van der Waals surface area contributed by atoms with E-state index in [1.165, 1.54) is 0 Å². The van der Waals surface area contributed by atoms with E-state index >= 15 is 0 Å². The lowest BCUT2D eigenvalue weighted by atomic mass is 10.2. The van der Waals surface area contributed by atoms with Crippen LogP contribution in [0.15, 0.2) is 0 Å². The van der Waals surface area contributed by atoms with Crippen LogP contribution in [-0.4, -0.2) is 38.5 Å². The summed E-state index contributed by atoms with van der Waals surface area (Å²) >= 11 is 1.08. The Morgan fingerprint density at radius 3 is 2.71 bits per heavy atom. The highest BCUT2D eigenvalue weighted by Crippen LogP contribution is 2.21. The van der Waals surface area contributed by atoms with Gasteiger partial charge in [0.1, 0.15) is 11.9 Å². The number of nitrogens with zero attached hydrogens (tertiary/aromatic N) is 2. The lowest BCUT2D eigenvalue weighted by Gasteiger charge is -2.09. The number of hydrogen-bond acceptors (Lipinski definition) is 6. The van der Waals surface area contributed by atoms with Gasteiger partial charge in [0.05, 0.1) is 0 Å². The molecule has 0 bridgehead atoms. The summed E-state index contributed by atoms with van der Waals surface area (Å²) < 4.78 is 9.03. The van der Waals surface area contributed by atoms with Gasteiger partial charge >= 0.3 is 5.97 Å². The largest absolute Gasteiger partial charge is 0.479 e. The van der Waals surface area contributed by atoms with Gasteiger partial charge in [0.15, 0.2) is 6.10 Å². The molecule has 92 valence electrons. The number of anilines is 1. The zero-order chi connectivity index (χ0) is 12.4. The first kappa shape index (κ1) is 11.9. The Morgan fingerprint density at radius 2 is 2.18 bits per heavy atom. The normalized spacial score (nSPS) is 23.6. The van der Waals surface area contributed by atoms with Gasteiger partial charge in [-0.15, -0.1) is 0 Å². The van der Waals surface area contributed by atoms with E-state index in [0.717, 1.165) is 11.5 Å². The Labute approximate surface area is 101 Å². The lowest BCUT2D eigenvalue weighted by molar-refractivity contribution is -0.150. The van der Waals surface area contributed by atoms with Crippen molar-refractivity contribution < 1.29 is 19.4 Å². The van der Waals surface area contributed by atoms with Gasteiger partial charge < -0.3 is 9.84 Å². The van der Waals surface area contributed by atoms with Gasteiger partial charge in [0.25, 0.3) is 5.91 Å². The Kier molecular flexibility index (Phi) is 3.34. The smallest absolute Gasteiger partial charge is 0.332 e. The molecule has 2 atom stereocenters. The number of carboxylic acids is 1. The molecule has 8 heteroatoms. The Morgan fingerprint density at radius 1 is 1.47 bits per heavy atom. The summed E-state index contributed by atoms with van der Waals surface area (Å²) in [5.74, 6) is -0.821. The average molecular weight is 257 g/mol. The molecule has 1 saturated heterocycles. The number of carbonyl (C=O) groups is 2. The van der Waals surface area contributed by atoms with E-state index in [1.54, 1.807) is 6.92 Å². The fourth-order valence-corrected chi connectivity index (χ4v) is 2.12. The number of nitrogens with one attached hydrogen (secondary N) is 1. The van der Waals surface area contributed by atoms with E-state index in [2.05, 4.69) is 14.7 Å². The van der Waals surface area contributed by atoms with E-state index < -0.39 is 18.2 Å². The second kappa shape index (κ2) is 4.76. The van der Waals surface area contributed by atoms with Crippen molar-refractivity contribution in [2.45, 2.75) is 32.0 Å². The standard InChI is InChI=1S/C9H11N3O4S/c1-4-10-9(17-12-4)11-7(13)5-2-3-6(16-5)8(14)15/h5-6H,2-3H2,1H3,(H,14,15)(H,10,11,12,13). The summed E-state index contributed by atoms with van der Waals surface area (Å²) in [6.45, 7) is 1.72. The molecular formula is C9H11N3O4S. The molecule has 0 saturated carbocycles. The molecule has 1 aliphatic heterocycles. The van der Waals surface area contributed by atoms with Crippen LogP contribution in [0.2, 0.25) is 0 Å². The summed E-state index contributed by atoms with van der Waals surface area (Å²) in [5.41, 5.74) is 0. The molecule has 1 aliphatic rings. The summed E-state index contributed by atoms with van der Waals surface area (Å²) in [5, 5.41) is 11.7. The third-order valence-electron chi connectivity index (χ3n) is 2.35. The number of carboxylic acid groups (broad SMARTS) is 1. The van der Waals surface area contributed by atoms with Crippen LogP contribution in [0.3, 0.4) is 0 Å². The van der Waals surface area contributed by atoms with Gasteiger partial charge in [-0.05, 0) is 19.8 Å². The van der Waals surface area contributed by atoms with Gasteiger partial charge in [0, 0.05) is 11.5 Å². The van der Waals surface area contributed by atoms with Crippen LogP contribution in [0.25, 0.3) is 0 Å². The predicted molar refractivity (Wildman–Crippen MR) is 58.8 cm³/mol. The number of aryl methyl sites for hydroxylation is 1. The van der Waals surface area contributed by atoms with E-state index in [-0.39, 0.29) is 5.91 Å². The van der Waals surface area contributed by atoms with Crippen molar-refractivity contribution in [1.29, 1.82) is 0 Å². The highest BCUT2D eigenvalue weighted by atomic mass is 32.1. The van der Waals surface area contributed by atoms with Gasteiger partial charge in [-0.2, -0.15) is 4.37 Å². The maximum Gasteiger partial charge on any atom is 0.332 e. The van der Waals surface area contributed by atoms with Gasteiger partial charge in [-0.25, -0.2) is 9.78 Å². The molecule has 0 aliphatic carbocycles. The zero-order valence-electron chi connectivity index (χ0n) is 9.04. The van der Waals surface area contributed by atoms with Crippen LogP contribution in [0, 0.1) is 6.92 Å². The number of hydrogen-bond donors (Lipinski definition) is 2. The highest BCUT2D eigenvalue weighted by molar-refractivity contribution is 7.09. The highest BCUT2D eigenvalue weighted by Gasteiger charge is 2.34. The van der Waals surface area contributed by atoms with Crippen LogP contribution >= 0.6 is 11.5 Å². The first-order valence-corrected chi connectivity index (χ1v) is 5.83. The summed E-state index contributed by atoms with van der Waals surface area (Å²) in [7, 11) is 0. The monoisotopic (exact) mass is 257 g/mol. The molecule has 2 heterocycles. The molecule has 0 spiro atoms. The van der Waals surface area contributed by atoms with Gasteiger partial charge in [-0.3, -0.25) is 10.1 Å². The molecule has 0 aromatic carbocycles. The van der Waals surface area contributed by atoms with Crippen molar-refractivity contribution in [3.63, 3.8) is 0 Å². The summed E-state index contributed by atoms with van der Waals surface area (Å²) in [6, 6.07) is 0. The summed E-state index contributed by atoms with van der Waals surface area (Å²) in [6.07, 6.45) is -0.856. The van der Waals surface area contributed by atoms with Crippen molar-refractivity contribution in [2.24, 2.45) is 0 Å². The van der Waals surface area contributed by atoms with Crippen LogP contribution < -0.4 is 5.32 Å². The number of carbonyl (C=O) groups excluding carboxylic acids is 1. The van der Waals surface area contributed by atoms with E-state index in [0.29, 0.717) is 23.8 Å². The Hall–Kier alpha value is -1.54. The molecule has 1 fully saturated rings. The quantitative estimate of drug-likeness (QED) is 0.813. The molecule has 1 aromatic rings. The Bertz CT molecular complexity index is 447. The first-order chi connectivity index (χ1) is 8.06. The molecule has 17 heavy (non-hydrogen) atoms. The van der Waals surface area contributed by atoms with Crippen LogP contribution in [0.5, 0.6) is 0 Å². The third-order valence-corrected chi connectivity index (χ3v) is 3.07. The van der Waals surface area contributed by atoms with Crippen LogP contribution in [0.1, 0.15) is 18.7 Å². The van der Waals surface area contributed by atoms with Crippen LogP contribution in [-0.2, 0) is 14.3 Å². The van der Waals surface area contributed by atoms with E-state index in [9.17, 15) is 9.59 Å². The molecule has 2 N–H and O–H groups in total. The Balaban J connectivity index is 1.91.